The van der Waals surface area contributed by atoms with Crippen LogP contribution in [-0.4, -0.2) is 41.8 Å². The third kappa shape index (κ3) is 5.70. The molecule has 1 aliphatic heterocycles. The van der Waals surface area contributed by atoms with Crippen LogP contribution in [0.15, 0.2) is 97.1 Å². The Kier molecular flexibility index (Phi) is 8.02. The van der Waals surface area contributed by atoms with E-state index in [9.17, 15) is 14.4 Å². The fourth-order valence-corrected chi connectivity index (χ4v) is 5.36. The molecule has 1 unspecified atom stereocenters. The van der Waals surface area contributed by atoms with Gasteiger partial charge in [-0.2, -0.15) is 0 Å². The smallest absolute Gasteiger partial charge is 0.258 e. The van der Waals surface area contributed by atoms with Crippen LogP contribution in [0.3, 0.4) is 0 Å². The number of hydrogen-bond acceptors (Lipinski definition) is 3. The van der Waals surface area contributed by atoms with Crippen molar-refractivity contribution in [1.82, 2.24) is 10.2 Å². The number of hydrogen-bond donors (Lipinski definition) is 1. The van der Waals surface area contributed by atoms with Gasteiger partial charge in [-0.25, -0.2) is 0 Å². The minimum Gasteiger partial charge on any atom is -0.355 e. The Morgan fingerprint density at radius 2 is 1.51 bits per heavy atom. The van der Waals surface area contributed by atoms with Crippen LogP contribution in [0, 0.1) is 0 Å². The van der Waals surface area contributed by atoms with Crippen molar-refractivity contribution in [3.05, 3.63) is 114 Å². The quantitative estimate of drug-likeness (QED) is 0.290. The first-order chi connectivity index (χ1) is 19.1. The maximum Gasteiger partial charge on any atom is 0.258 e. The van der Waals surface area contributed by atoms with Crippen molar-refractivity contribution in [2.45, 2.75) is 38.8 Å². The van der Waals surface area contributed by atoms with Crippen molar-refractivity contribution in [1.29, 1.82) is 0 Å². The molecule has 0 fully saturated rings. The second-order valence-corrected chi connectivity index (χ2v) is 9.85. The summed E-state index contributed by atoms with van der Waals surface area (Å²) in [5.74, 6) is -0.296. The molecule has 1 atom stereocenters. The van der Waals surface area contributed by atoms with Gasteiger partial charge in [-0.15, -0.1) is 0 Å². The van der Waals surface area contributed by atoms with E-state index in [-0.39, 0.29) is 24.1 Å². The van der Waals surface area contributed by atoms with E-state index in [0.717, 1.165) is 27.6 Å². The normalized spacial score (nSPS) is 12.9. The summed E-state index contributed by atoms with van der Waals surface area (Å²) in [6.07, 6.45) is 1.15. The van der Waals surface area contributed by atoms with Crippen molar-refractivity contribution >= 4 is 34.2 Å². The van der Waals surface area contributed by atoms with Crippen LogP contribution >= 0.6 is 0 Å². The first-order valence-electron chi connectivity index (χ1n) is 13.6. The number of rotatable bonds is 11. The molecule has 39 heavy (non-hydrogen) atoms. The summed E-state index contributed by atoms with van der Waals surface area (Å²) in [6, 6.07) is 30.6. The van der Waals surface area contributed by atoms with E-state index < -0.39 is 6.04 Å². The number of amides is 3. The third-order valence-corrected chi connectivity index (χ3v) is 7.24. The molecule has 0 spiro atoms. The van der Waals surface area contributed by atoms with Crippen LogP contribution in [0.5, 0.6) is 0 Å². The standard InChI is InChI=1S/C33H33N3O3/c1-2-34-32(38)29(22-24-12-5-3-6-13-24)36(23-25-14-7-4-8-15-25)30(37)20-11-21-35-28-19-10-17-26-16-9-18-27(31(26)28)33(35)39/h3-10,12-19,29H,2,11,20-23H2,1H3,(H,34,38). The van der Waals surface area contributed by atoms with Gasteiger partial charge >= 0.3 is 0 Å². The van der Waals surface area contributed by atoms with E-state index >= 15 is 0 Å². The number of nitrogens with one attached hydrogen (secondary N) is 1. The number of carbonyl (C=O) groups excluding carboxylic acids is 3. The monoisotopic (exact) mass is 519 g/mol. The van der Waals surface area contributed by atoms with E-state index in [4.69, 9.17) is 0 Å². The summed E-state index contributed by atoms with van der Waals surface area (Å²) in [4.78, 5) is 43.7. The van der Waals surface area contributed by atoms with Gasteiger partial charge in [0.05, 0.1) is 5.69 Å². The van der Waals surface area contributed by atoms with Crippen molar-refractivity contribution in [3.63, 3.8) is 0 Å². The Labute approximate surface area is 229 Å². The number of likely N-dealkylation sites (N-methyl/N-ethyl adjacent to an activating group) is 1. The molecule has 1 N–H and O–H groups in total. The molecule has 3 amide bonds. The van der Waals surface area contributed by atoms with Gasteiger partial charge in [-0.3, -0.25) is 14.4 Å². The lowest BCUT2D eigenvalue weighted by atomic mass is 10.0. The van der Waals surface area contributed by atoms with E-state index in [1.54, 1.807) is 9.80 Å². The summed E-state index contributed by atoms with van der Waals surface area (Å²) in [5, 5.41) is 4.94. The van der Waals surface area contributed by atoms with Crippen molar-refractivity contribution < 1.29 is 14.4 Å². The lowest BCUT2D eigenvalue weighted by Gasteiger charge is -2.32. The van der Waals surface area contributed by atoms with E-state index in [2.05, 4.69) is 5.32 Å². The number of anilines is 1. The van der Waals surface area contributed by atoms with Crippen molar-refractivity contribution in [3.8, 4) is 0 Å². The summed E-state index contributed by atoms with van der Waals surface area (Å²) in [5.41, 5.74) is 3.56. The molecule has 0 aromatic heterocycles. The maximum absolute atomic E-state index is 13.8. The molecule has 4 aromatic rings. The first kappa shape index (κ1) is 26.2. The summed E-state index contributed by atoms with van der Waals surface area (Å²) in [7, 11) is 0. The molecule has 198 valence electrons. The molecule has 0 saturated carbocycles. The number of carbonyl (C=O) groups is 3. The van der Waals surface area contributed by atoms with Crippen LogP contribution in [0.2, 0.25) is 0 Å². The minimum absolute atomic E-state index is 0.0281. The fraction of sp³-hybridized carbons (Fsp3) is 0.242. The predicted molar refractivity (Wildman–Crippen MR) is 154 cm³/mol. The Morgan fingerprint density at radius 3 is 2.21 bits per heavy atom. The highest BCUT2D eigenvalue weighted by Crippen LogP contribution is 2.37. The zero-order chi connectivity index (χ0) is 27.2. The molecule has 6 nitrogen and oxygen atoms in total. The SMILES string of the molecule is CCNC(=O)C(Cc1ccccc1)N(Cc1ccccc1)C(=O)CCCN1C(=O)c2cccc3cccc1c23. The Morgan fingerprint density at radius 1 is 0.846 bits per heavy atom. The first-order valence-corrected chi connectivity index (χ1v) is 13.6. The molecular weight excluding hydrogens is 486 g/mol. The summed E-state index contributed by atoms with van der Waals surface area (Å²) < 4.78 is 0. The topological polar surface area (TPSA) is 69.7 Å². The number of benzene rings is 4. The molecule has 1 aliphatic rings. The van der Waals surface area contributed by atoms with E-state index in [1.807, 2.05) is 104 Å². The zero-order valence-electron chi connectivity index (χ0n) is 22.2. The van der Waals surface area contributed by atoms with Gasteiger partial charge in [-0.1, -0.05) is 84.9 Å². The van der Waals surface area contributed by atoms with Crippen LogP contribution in [0.1, 0.15) is 41.3 Å². The average Bonchev–Trinajstić information content (AvgIpc) is 3.24. The van der Waals surface area contributed by atoms with Gasteiger partial charge in [0.15, 0.2) is 0 Å². The molecular formula is C33H33N3O3. The molecule has 0 radical (unpaired) electrons. The van der Waals surface area contributed by atoms with Crippen LogP contribution in [0.4, 0.5) is 5.69 Å². The maximum atomic E-state index is 13.8. The fourth-order valence-electron chi connectivity index (χ4n) is 5.36. The summed E-state index contributed by atoms with van der Waals surface area (Å²) in [6.45, 7) is 3.14. The Bertz CT molecular complexity index is 1460. The molecule has 0 aliphatic carbocycles. The minimum atomic E-state index is -0.647. The predicted octanol–water partition coefficient (Wildman–Crippen LogP) is 5.36. The highest BCUT2D eigenvalue weighted by Gasteiger charge is 2.32. The second-order valence-electron chi connectivity index (χ2n) is 9.85. The average molecular weight is 520 g/mol. The second kappa shape index (κ2) is 11.9. The van der Waals surface area contributed by atoms with Gasteiger partial charge in [-0.05, 0) is 42.0 Å². The van der Waals surface area contributed by atoms with Gasteiger partial charge < -0.3 is 15.1 Å². The largest absolute Gasteiger partial charge is 0.355 e. The lowest BCUT2D eigenvalue weighted by Crippen LogP contribution is -2.50. The molecule has 5 rings (SSSR count). The lowest BCUT2D eigenvalue weighted by molar-refractivity contribution is -0.141. The number of nitrogens with zero attached hydrogens (tertiary/aromatic N) is 2. The van der Waals surface area contributed by atoms with E-state index in [1.165, 1.54) is 0 Å². The molecule has 0 bridgehead atoms. The molecule has 0 saturated heterocycles. The van der Waals surface area contributed by atoms with E-state index in [0.29, 0.717) is 38.0 Å². The van der Waals surface area contributed by atoms with Crippen LogP contribution < -0.4 is 10.2 Å². The van der Waals surface area contributed by atoms with Gasteiger partial charge in [0, 0.05) is 43.4 Å². The van der Waals surface area contributed by atoms with Gasteiger partial charge in [0.25, 0.3) is 5.91 Å². The highest BCUT2D eigenvalue weighted by molar-refractivity contribution is 6.25. The molecule has 4 aromatic carbocycles. The highest BCUT2D eigenvalue weighted by atomic mass is 16.2. The Hall–Kier alpha value is -4.45. The Balaban J connectivity index is 1.35. The molecule has 1 heterocycles. The molecule has 6 heteroatoms. The van der Waals surface area contributed by atoms with Crippen molar-refractivity contribution in [2.75, 3.05) is 18.0 Å². The van der Waals surface area contributed by atoms with Crippen LogP contribution in [-0.2, 0) is 22.6 Å². The van der Waals surface area contributed by atoms with Gasteiger partial charge in [0.2, 0.25) is 11.8 Å². The van der Waals surface area contributed by atoms with Gasteiger partial charge in [0.1, 0.15) is 6.04 Å². The zero-order valence-corrected chi connectivity index (χ0v) is 22.2. The van der Waals surface area contributed by atoms with Crippen molar-refractivity contribution in [2.24, 2.45) is 0 Å². The summed E-state index contributed by atoms with van der Waals surface area (Å²) >= 11 is 0. The van der Waals surface area contributed by atoms with Crippen LogP contribution in [0.25, 0.3) is 10.8 Å². The third-order valence-electron chi connectivity index (χ3n) is 7.24.